The first-order chi connectivity index (χ1) is 9.04. The molecule has 0 fully saturated rings. The minimum Gasteiger partial charge on any atom is -0.391 e. The van der Waals surface area contributed by atoms with Crippen LogP contribution in [0.25, 0.3) is 10.2 Å². The monoisotopic (exact) mass is 332 g/mol. The zero-order chi connectivity index (χ0) is 13.8. The summed E-state index contributed by atoms with van der Waals surface area (Å²) in [5.41, 5.74) is 2.29. The second-order valence-corrected chi connectivity index (χ2v) is 7.28. The number of aryl methyl sites for hydroxylation is 1. The lowest BCUT2D eigenvalue weighted by atomic mass is 10.2. The van der Waals surface area contributed by atoms with E-state index in [1.54, 1.807) is 23.1 Å². The molecule has 0 saturated carbocycles. The highest BCUT2D eigenvalue weighted by molar-refractivity contribution is 8.01. The van der Waals surface area contributed by atoms with Crippen molar-refractivity contribution in [2.75, 3.05) is 12.3 Å². The summed E-state index contributed by atoms with van der Waals surface area (Å²) in [7, 11) is 0. The van der Waals surface area contributed by atoms with Crippen LogP contribution in [0.15, 0.2) is 22.5 Å². The fourth-order valence-electron chi connectivity index (χ4n) is 1.68. The highest BCUT2D eigenvalue weighted by atomic mass is 35.5. The minimum atomic E-state index is -0.332. The summed E-state index contributed by atoms with van der Waals surface area (Å²) in [6, 6.07) is 6.73. The summed E-state index contributed by atoms with van der Waals surface area (Å²) in [6.45, 7) is 6.87. The second kappa shape index (κ2) is 8.20. The molecular formula is C14H21ClN2OS2. The maximum atomic E-state index is 9.87. The average Bonchev–Trinajstić information content (AvgIpc) is 2.75. The van der Waals surface area contributed by atoms with Crippen LogP contribution in [0, 0.1) is 6.92 Å². The average molecular weight is 333 g/mol. The molecule has 0 amide bonds. The van der Waals surface area contributed by atoms with Gasteiger partial charge in [0, 0.05) is 18.3 Å². The lowest BCUT2D eigenvalue weighted by molar-refractivity contribution is 0.192. The minimum absolute atomic E-state index is 0. The lowest BCUT2D eigenvalue weighted by Crippen LogP contribution is -2.33. The number of hydrogen-bond acceptors (Lipinski definition) is 5. The van der Waals surface area contributed by atoms with Crippen molar-refractivity contribution in [1.82, 2.24) is 10.3 Å². The first kappa shape index (κ1) is 17.7. The summed E-state index contributed by atoms with van der Waals surface area (Å²) in [4.78, 5) is 4.59. The topological polar surface area (TPSA) is 45.1 Å². The quantitative estimate of drug-likeness (QED) is 0.795. The predicted octanol–water partition coefficient (Wildman–Crippen LogP) is 3.48. The molecule has 0 spiro atoms. The van der Waals surface area contributed by atoms with E-state index in [2.05, 4.69) is 49.3 Å². The molecule has 1 aromatic carbocycles. The van der Waals surface area contributed by atoms with Crippen molar-refractivity contribution in [2.45, 2.75) is 37.3 Å². The molecule has 1 aromatic heterocycles. The van der Waals surface area contributed by atoms with Crippen molar-refractivity contribution in [1.29, 1.82) is 0 Å². The maximum Gasteiger partial charge on any atom is 0.151 e. The van der Waals surface area contributed by atoms with E-state index >= 15 is 0 Å². The number of aliphatic hydroxyl groups is 1. The van der Waals surface area contributed by atoms with E-state index in [0.717, 1.165) is 9.86 Å². The molecule has 6 heteroatoms. The molecule has 0 aliphatic heterocycles. The number of hydrogen-bond donors (Lipinski definition) is 2. The molecule has 0 aliphatic rings. The van der Waals surface area contributed by atoms with Crippen LogP contribution in [0.2, 0.25) is 0 Å². The van der Waals surface area contributed by atoms with Gasteiger partial charge in [-0.05, 0) is 24.6 Å². The molecule has 0 bridgehead atoms. The Hall–Kier alpha value is -0.330. The maximum absolute atomic E-state index is 9.87. The number of halogens is 1. The van der Waals surface area contributed by atoms with Crippen LogP contribution in [-0.4, -0.2) is 34.5 Å². The molecule has 0 saturated heterocycles. The Morgan fingerprint density at radius 1 is 1.40 bits per heavy atom. The van der Waals surface area contributed by atoms with Crippen molar-refractivity contribution in [3.05, 3.63) is 23.8 Å². The van der Waals surface area contributed by atoms with Gasteiger partial charge in [-0.3, -0.25) is 0 Å². The van der Waals surface area contributed by atoms with Gasteiger partial charge in [0.05, 0.1) is 16.3 Å². The molecule has 3 nitrogen and oxygen atoms in total. The summed E-state index contributed by atoms with van der Waals surface area (Å²) in [5, 5.41) is 13.1. The van der Waals surface area contributed by atoms with Gasteiger partial charge in [0.1, 0.15) is 0 Å². The van der Waals surface area contributed by atoms with Crippen LogP contribution in [0.4, 0.5) is 0 Å². The van der Waals surface area contributed by atoms with Crippen molar-refractivity contribution in [3.63, 3.8) is 0 Å². The fourth-order valence-corrected chi connectivity index (χ4v) is 3.68. The number of benzene rings is 1. The van der Waals surface area contributed by atoms with E-state index in [1.165, 1.54) is 10.3 Å². The van der Waals surface area contributed by atoms with Gasteiger partial charge in [0.25, 0.3) is 0 Å². The third-order valence-corrected chi connectivity index (χ3v) is 5.01. The summed E-state index contributed by atoms with van der Waals surface area (Å²) in [6.07, 6.45) is -0.332. The molecule has 2 N–H and O–H groups in total. The molecule has 2 aromatic rings. The van der Waals surface area contributed by atoms with E-state index < -0.39 is 0 Å². The smallest absolute Gasteiger partial charge is 0.151 e. The van der Waals surface area contributed by atoms with E-state index in [9.17, 15) is 5.11 Å². The van der Waals surface area contributed by atoms with Gasteiger partial charge in [-0.1, -0.05) is 31.7 Å². The molecule has 1 unspecified atom stereocenters. The number of aromatic nitrogens is 1. The van der Waals surface area contributed by atoms with Crippen LogP contribution in [0.3, 0.4) is 0 Å². The van der Waals surface area contributed by atoms with E-state index in [4.69, 9.17) is 0 Å². The van der Waals surface area contributed by atoms with Crippen LogP contribution < -0.4 is 5.32 Å². The van der Waals surface area contributed by atoms with Gasteiger partial charge in [0.15, 0.2) is 4.34 Å². The van der Waals surface area contributed by atoms with Gasteiger partial charge in [-0.15, -0.1) is 23.7 Å². The lowest BCUT2D eigenvalue weighted by Gasteiger charge is -2.12. The summed E-state index contributed by atoms with van der Waals surface area (Å²) >= 11 is 3.32. The van der Waals surface area contributed by atoms with Gasteiger partial charge >= 0.3 is 0 Å². The predicted molar refractivity (Wildman–Crippen MR) is 91.5 cm³/mol. The fraction of sp³-hybridized carbons (Fsp3) is 0.500. The molecule has 1 atom stereocenters. The molecule has 2 rings (SSSR count). The molecule has 1 heterocycles. The second-order valence-electron chi connectivity index (χ2n) is 4.98. The van der Waals surface area contributed by atoms with E-state index in [0.29, 0.717) is 18.3 Å². The number of fused-ring (bicyclic) bond motifs is 1. The van der Waals surface area contributed by atoms with Crippen LogP contribution in [0.1, 0.15) is 19.4 Å². The Morgan fingerprint density at radius 2 is 2.15 bits per heavy atom. The van der Waals surface area contributed by atoms with Gasteiger partial charge in [-0.2, -0.15) is 0 Å². The number of thiazole rings is 1. The number of nitrogens with zero attached hydrogens (tertiary/aromatic N) is 1. The number of rotatable bonds is 6. The zero-order valence-electron chi connectivity index (χ0n) is 11.9. The Bertz CT molecular complexity index is 545. The Kier molecular flexibility index (Phi) is 7.26. The Labute approximate surface area is 134 Å². The zero-order valence-corrected chi connectivity index (χ0v) is 14.4. The summed E-state index contributed by atoms with van der Waals surface area (Å²) < 4.78 is 2.24. The van der Waals surface area contributed by atoms with Crippen molar-refractivity contribution < 1.29 is 5.11 Å². The van der Waals surface area contributed by atoms with Crippen molar-refractivity contribution in [2.24, 2.45) is 0 Å². The number of nitrogens with one attached hydrogen (secondary N) is 1. The van der Waals surface area contributed by atoms with Gasteiger partial charge in [0.2, 0.25) is 0 Å². The molecule has 20 heavy (non-hydrogen) atoms. The highest BCUT2D eigenvalue weighted by Crippen LogP contribution is 2.30. The van der Waals surface area contributed by atoms with Crippen molar-refractivity contribution in [3.8, 4) is 0 Å². The van der Waals surface area contributed by atoms with E-state index in [1.807, 2.05) is 0 Å². The highest BCUT2D eigenvalue weighted by Gasteiger charge is 2.09. The first-order valence-electron chi connectivity index (χ1n) is 6.46. The number of aliphatic hydroxyl groups excluding tert-OH is 1. The molecular weight excluding hydrogens is 312 g/mol. The molecule has 112 valence electrons. The van der Waals surface area contributed by atoms with Crippen LogP contribution in [0.5, 0.6) is 0 Å². The normalized spacial score (nSPS) is 12.7. The number of thioether (sulfide) groups is 1. The standard InChI is InChI=1S/C14H20N2OS2.ClH/c1-9(2)15-7-11(17)8-18-14-16-12-6-10(3)4-5-13(12)19-14;/h4-6,9,11,15,17H,7-8H2,1-3H3;1H. The van der Waals surface area contributed by atoms with E-state index in [-0.39, 0.29) is 18.5 Å². The SMILES string of the molecule is Cc1ccc2sc(SCC(O)CNC(C)C)nc2c1.Cl. The van der Waals surface area contributed by atoms with Gasteiger partial charge < -0.3 is 10.4 Å². The van der Waals surface area contributed by atoms with Gasteiger partial charge in [-0.25, -0.2) is 4.98 Å². The first-order valence-corrected chi connectivity index (χ1v) is 8.26. The van der Waals surface area contributed by atoms with Crippen molar-refractivity contribution >= 4 is 45.7 Å². The third-order valence-electron chi connectivity index (χ3n) is 2.68. The Morgan fingerprint density at radius 3 is 2.85 bits per heavy atom. The third kappa shape index (κ3) is 5.22. The molecule has 0 radical (unpaired) electrons. The Balaban J connectivity index is 0.00000200. The summed E-state index contributed by atoms with van der Waals surface area (Å²) in [5.74, 6) is 0.679. The largest absolute Gasteiger partial charge is 0.391 e. The molecule has 0 aliphatic carbocycles. The van der Waals surface area contributed by atoms with Crippen LogP contribution in [-0.2, 0) is 0 Å². The van der Waals surface area contributed by atoms with Crippen LogP contribution >= 0.6 is 35.5 Å².